The Bertz CT molecular complexity index is 2410. The zero-order valence-electron chi connectivity index (χ0n) is 27.0. The van der Waals surface area contributed by atoms with Gasteiger partial charge in [0, 0.05) is 10.9 Å². The summed E-state index contributed by atoms with van der Waals surface area (Å²) in [5, 5.41) is 20.0. The zero-order valence-corrected chi connectivity index (χ0v) is 36.2. The minimum atomic E-state index is -5.53. The first kappa shape index (κ1) is 47.5. The topological polar surface area (TPSA) is 298 Å². The minimum Gasteiger partial charge on any atom is -0.744 e. The smallest absolute Gasteiger partial charge is 0.744 e. The number of methoxy groups -OCH3 is 1. The van der Waals surface area contributed by atoms with Crippen LogP contribution in [-0.2, 0) is 44.7 Å². The van der Waals surface area contributed by atoms with E-state index in [4.69, 9.17) is 4.74 Å². The number of aromatic hydroxyl groups is 1. The first-order valence-electron chi connectivity index (χ1n) is 12.8. The molecule has 25 heteroatoms. The normalized spacial score (nSPS) is 12.0. The number of anilines is 1. The number of benzene rings is 4. The number of carbonyl (C=O) groups is 1. The zero-order chi connectivity index (χ0) is 35.7. The number of fused-ring (bicyclic) bond motifs is 1. The van der Waals surface area contributed by atoms with Gasteiger partial charge >= 0.3 is 88.7 Å². The summed E-state index contributed by atoms with van der Waals surface area (Å²) < 4.78 is 139. The number of azo groups is 1. The molecule has 0 fully saturated rings. The molecule has 4 aromatic carbocycles. The van der Waals surface area contributed by atoms with Gasteiger partial charge in [0.05, 0.1) is 40.6 Å². The third-order valence-electron chi connectivity index (χ3n) is 6.29. The number of amides is 1. The van der Waals surface area contributed by atoms with Crippen molar-refractivity contribution in [2.24, 2.45) is 10.2 Å². The molecule has 256 valence electrons. The number of rotatable bonds is 12. The second kappa shape index (κ2) is 18.7. The summed E-state index contributed by atoms with van der Waals surface area (Å²) in [6.45, 7) is -1.04. The van der Waals surface area contributed by atoms with Gasteiger partial charge in [0.2, 0.25) is 10.4 Å². The van der Waals surface area contributed by atoms with E-state index in [2.05, 4.69) is 19.7 Å². The second-order valence-electron chi connectivity index (χ2n) is 9.45. The molecule has 4 aromatic rings. The van der Waals surface area contributed by atoms with Crippen molar-refractivity contribution in [3.05, 3.63) is 72.3 Å². The summed E-state index contributed by atoms with van der Waals surface area (Å²) >= 11 is 0. The summed E-state index contributed by atoms with van der Waals surface area (Å²) in [4.78, 5) is 10.1. The molecule has 0 heterocycles. The molecule has 0 aromatic heterocycles. The Labute approximate surface area is 358 Å². The molecule has 0 saturated heterocycles. The molecule has 0 aliphatic carbocycles. The van der Waals surface area contributed by atoms with E-state index >= 15 is 0 Å². The Hall–Kier alpha value is -1.55. The van der Waals surface area contributed by atoms with Gasteiger partial charge in [-0.25, -0.2) is 33.7 Å². The average molecular weight is 812 g/mol. The molecule has 0 saturated carbocycles. The fraction of sp³-hybridized carbons (Fsp3) is 0.115. The van der Waals surface area contributed by atoms with Crippen LogP contribution in [0.2, 0.25) is 0 Å². The van der Waals surface area contributed by atoms with E-state index in [1.807, 2.05) is 0 Å². The molecule has 0 aliphatic heterocycles. The Kier molecular flexibility index (Phi) is 17.4. The van der Waals surface area contributed by atoms with Gasteiger partial charge in [-0.3, -0.25) is 8.98 Å². The maximum atomic E-state index is 12.9. The quantitative estimate of drug-likeness (QED) is 0.0582. The van der Waals surface area contributed by atoms with Gasteiger partial charge < -0.3 is 28.8 Å². The number of nitrogens with one attached hydrogen (secondary N) is 1. The standard InChI is InChI=1S/C26H23N3O15S4.3Na/c1-43-20-8-7-17(13-21(20)45(32,33)10-9-44-48(40,41)42)28-29-24-22(47(37,38)39)12-16-11-18(46(34,35)36)14-19(23(16)25(24)30)27-26(31)15-5-3-2-4-6-15;;;/h2-8,11-14,30H,9-10H2,1H3,(H,27,31)(H,34,35,36)(H,37,38,39)(H,40,41,42);;;/q;3*+1/p-3. The molecular formula is C26H20N3Na3O15S4. The van der Waals surface area contributed by atoms with E-state index in [-0.39, 0.29) is 106 Å². The number of ether oxygens (including phenoxy) is 1. The third kappa shape index (κ3) is 12.2. The predicted molar refractivity (Wildman–Crippen MR) is 161 cm³/mol. The molecule has 0 unspecified atom stereocenters. The van der Waals surface area contributed by atoms with Gasteiger partial charge in [-0.2, -0.15) is 5.11 Å². The third-order valence-corrected chi connectivity index (χ3v) is 10.1. The van der Waals surface area contributed by atoms with Crippen molar-refractivity contribution >= 4 is 74.2 Å². The van der Waals surface area contributed by atoms with E-state index in [1.54, 1.807) is 6.07 Å². The maximum Gasteiger partial charge on any atom is 1.00 e. The van der Waals surface area contributed by atoms with E-state index in [9.17, 15) is 57.2 Å². The van der Waals surface area contributed by atoms with E-state index < -0.39 is 101 Å². The van der Waals surface area contributed by atoms with E-state index in [1.165, 1.54) is 24.3 Å². The van der Waals surface area contributed by atoms with Crippen LogP contribution in [-0.4, -0.2) is 77.8 Å². The molecule has 1 amide bonds. The first-order valence-corrected chi connectivity index (χ1v) is 18.6. The van der Waals surface area contributed by atoms with Crippen LogP contribution in [0.1, 0.15) is 10.4 Å². The molecule has 4 rings (SSSR count). The minimum absolute atomic E-state index is 0. The number of hydrogen-bond acceptors (Lipinski definition) is 17. The van der Waals surface area contributed by atoms with Crippen molar-refractivity contribution in [1.29, 1.82) is 0 Å². The van der Waals surface area contributed by atoms with Crippen LogP contribution in [0.5, 0.6) is 11.5 Å². The largest absolute Gasteiger partial charge is 1.00 e. The molecule has 0 spiro atoms. The number of phenols is 1. The predicted octanol–water partition coefficient (Wildman–Crippen LogP) is -6.71. The van der Waals surface area contributed by atoms with Crippen LogP contribution in [0.4, 0.5) is 17.1 Å². The monoisotopic (exact) mass is 811 g/mol. The van der Waals surface area contributed by atoms with E-state index in [0.717, 1.165) is 25.3 Å². The molecule has 18 nitrogen and oxygen atoms in total. The second-order valence-corrected chi connectivity index (χ2v) is 15.3. The molecule has 0 radical (unpaired) electrons. The summed E-state index contributed by atoms with van der Waals surface area (Å²) in [5.74, 6) is -3.22. The Morgan fingerprint density at radius 3 is 1.98 bits per heavy atom. The van der Waals surface area contributed by atoms with Crippen molar-refractivity contribution in [2.45, 2.75) is 14.7 Å². The van der Waals surface area contributed by atoms with Crippen LogP contribution >= 0.6 is 0 Å². The number of hydrogen-bond donors (Lipinski definition) is 2. The van der Waals surface area contributed by atoms with Gasteiger partial charge in [-0.05, 0) is 53.9 Å². The number of sulfone groups is 1. The van der Waals surface area contributed by atoms with Gasteiger partial charge in [0.1, 0.15) is 36.6 Å². The van der Waals surface area contributed by atoms with Crippen LogP contribution in [0.3, 0.4) is 0 Å². The molecule has 2 N–H and O–H groups in total. The Morgan fingerprint density at radius 2 is 1.43 bits per heavy atom. The summed E-state index contributed by atoms with van der Waals surface area (Å²) in [6.07, 6.45) is 0. The van der Waals surface area contributed by atoms with Gasteiger partial charge in [-0.1, -0.05) is 18.2 Å². The number of phenolic OH excluding ortho intramolecular Hbond substituents is 1. The van der Waals surface area contributed by atoms with Crippen LogP contribution in [0, 0.1) is 0 Å². The first-order chi connectivity index (χ1) is 22.2. The van der Waals surface area contributed by atoms with Gasteiger partial charge in [0.25, 0.3) is 5.91 Å². The Balaban J connectivity index is 0.00000433. The maximum absolute atomic E-state index is 12.9. The number of carbonyl (C=O) groups excluding carboxylic acids is 1. The average Bonchev–Trinajstić information content (AvgIpc) is 2.98. The Morgan fingerprint density at radius 1 is 0.804 bits per heavy atom. The van der Waals surface area contributed by atoms with E-state index in [0.29, 0.717) is 18.2 Å². The summed E-state index contributed by atoms with van der Waals surface area (Å²) in [5.41, 5.74) is -1.80. The molecular weight excluding hydrogens is 792 g/mol. The molecule has 51 heavy (non-hydrogen) atoms. The molecule has 0 atom stereocenters. The summed E-state index contributed by atoms with van der Waals surface area (Å²) in [6, 6.07) is 12.4. The van der Waals surface area contributed by atoms with Crippen LogP contribution in [0.25, 0.3) is 10.8 Å². The van der Waals surface area contributed by atoms with Crippen LogP contribution in [0.15, 0.2) is 91.6 Å². The van der Waals surface area contributed by atoms with Gasteiger partial charge in [-0.15, -0.1) is 5.11 Å². The van der Waals surface area contributed by atoms with Gasteiger partial charge in [0.15, 0.2) is 15.6 Å². The van der Waals surface area contributed by atoms with Crippen molar-refractivity contribution in [2.75, 3.05) is 24.8 Å². The van der Waals surface area contributed by atoms with Crippen molar-refractivity contribution in [3.63, 3.8) is 0 Å². The summed E-state index contributed by atoms with van der Waals surface area (Å²) in [7, 11) is -19.3. The molecule has 0 aliphatic rings. The molecule has 0 bridgehead atoms. The SMILES string of the molecule is COc1ccc(N=Nc2c(S(=O)(=O)[O-])cc3cc(S(=O)(=O)[O-])cc(NC(=O)c4ccccc4)c3c2O)cc1S(=O)(=O)CCOS(=O)(=O)[O-].[Na+].[Na+].[Na+]. The number of nitrogens with zero attached hydrogens (tertiary/aromatic N) is 2. The fourth-order valence-electron chi connectivity index (χ4n) is 4.21. The fourth-order valence-corrected chi connectivity index (χ4v) is 7.06. The van der Waals surface area contributed by atoms with Crippen molar-refractivity contribution < 1.29 is 155 Å². The van der Waals surface area contributed by atoms with Crippen molar-refractivity contribution in [1.82, 2.24) is 0 Å². The van der Waals surface area contributed by atoms with Crippen LogP contribution < -0.4 is 98.7 Å². The van der Waals surface area contributed by atoms with Crippen molar-refractivity contribution in [3.8, 4) is 11.5 Å².